The van der Waals surface area contributed by atoms with E-state index < -0.39 is 5.97 Å². The molecule has 0 saturated heterocycles. The SMILES string of the molecule is O=C(CCCCC(=O)Nc1ccccc1C(=O)O)Nc1ccccc1. The molecule has 0 unspecified atom stereocenters. The minimum Gasteiger partial charge on any atom is -0.478 e. The molecule has 0 saturated carbocycles. The first-order valence-corrected chi connectivity index (χ1v) is 8.03. The van der Waals surface area contributed by atoms with E-state index in [4.69, 9.17) is 5.11 Å². The van der Waals surface area contributed by atoms with E-state index in [2.05, 4.69) is 10.6 Å². The van der Waals surface area contributed by atoms with Crippen LogP contribution in [0, 0.1) is 0 Å². The molecule has 0 aliphatic carbocycles. The van der Waals surface area contributed by atoms with Crippen LogP contribution in [0.3, 0.4) is 0 Å². The molecule has 0 spiro atoms. The highest BCUT2D eigenvalue weighted by Crippen LogP contribution is 2.15. The minimum absolute atomic E-state index is 0.0538. The van der Waals surface area contributed by atoms with Gasteiger partial charge >= 0.3 is 5.97 Å². The molecule has 6 nitrogen and oxygen atoms in total. The standard InChI is InChI=1S/C19H20N2O4/c22-17(20-14-8-2-1-3-9-14)12-6-7-13-18(23)21-16-11-5-4-10-15(16)19(24)25/h1-5,8-11H,6-7,12-13H2,(H,20,22)(H,21,23)(H,24,25). The molecule has 0 fully saturated rings. The molecule has 6 heteroatoms. The van der Waals surface area contributed by atoms with Gasteiger partial charge in [0.25, 0.3) is 0 Å². The molecule has 130 valence electrons. The van der Waals surface area contributed by atoms with Crippen molar-refractivity contribution in [2.24, 2.45) is 0 Å². The van der Waals surface area contributed by atoms with Gasteiger partial charge in [-0.25, -0.2) is 4.79 Å². The lowest BCUT2D eigenvalue weighted by Gasteiger charge is -2.08. The average molecular weight is 340 g/mol. The number of hydrogen-bond acceptors (Lipinski definition) is 3. The van der Waals surface area contributed by atoms with Crippen molar-refractivity contribution >= 4 is 29.2 Å². The lowest BCUT2D eigenvalue weighted by molar-refractivity contribution is -0.118. The highest BCUT2D eigenvalue weighted by molar-refractivity contribution is 6.00. The Kier molecular flexibility index (Phi) is 6.71. The van der Waals surface area contributed by atoms with Gasteiger partial charge in [0.05, 0.1) is 11.3 Å². The third-order valence-corrected chi connectivity index (χ3v) is 3.55. The van der Waals surface area contributed by atoms with Gasteiger partial charge in [-0.1, -0.05) is 30.3 Å². The van der Waals surface area contributed by atoms with Gasteiger partial charge in [0.2, 0.25) is 11.8 Å². The van der Waals surface area contributed by atoms with E-state index in [0.29, 0.717) is 19.3 Å². The second-order valence-electron chi connectivity index (χ2n) is 5.52. The third-order valence-electron chi connectivity index (χ3n) is 3.55. The zero-order valence-corrected chi connectivity index (χ0v) is 13.7. The summed E-state index contributed by atoms with van der Waals surface area (Å²) in [5.41, 5.74) is 1.08. The Hall–Kier alpha value is -3.15. The van der Waals surface area contributed by atoms with Crippen molar-refractivity contribution < 1.29 is 19.5 Å². The van der Waals surface area contributed by atoms with Gasteiger partial charge in [0.1, 0.15) is 0 Å². The van der Waals surface area contributed by atoms with Crippen LogP contribution < -0.4 is 10.6 Å². The largest absolute Gasteiger partial charge is 0.478 e. The fourth-order valence-electron chi connectivity index (χ4n) is 2.31. The summed E-state index contributed by atoms with van der Waals surface area (Å²) in [6.45, 7) is 0. The van der Waals surface area contributed by atoms with Crippen molar-refractivity contribution in [3.63, 3.8) is 0 Å². The lowest BCUT2D eigenvalue weighted by Crippen LogP contribution is -2.15. The first-order valence-electron chi connectivity index (χ1n) is 8.03. The Morgan fingerprint density at radius 1 is 0.760 bits per heavy atom. The quantitative estimate of drug-likeness (QED) is 0.641. The van der Waals surface area contributed by atoms with Crippen molar-refractivity contribution in [3.05, 3.63) is 60.2 Å². The number of carboxylic acids is 1. The molecule has 2 aromatic rings. The second kappa shape index (κ2) is 9.22. The van der Waals surface area contributed by atoms with Crippen LogP contribution in [0.5, 0.6) is 0 Å². The molecule has 0 radical (unpaired) electrons. The molecule has 3 N–H and O–H groups in total. The fourth-order valence-corrected chi connectivity index (χ4v) is 2.31. The van der Waals surface area contributed by atoms with Crippen LogP contribution in [-0.2, 0) is 9.59 Å². The molecule has 2 rings (SSSR count). The van der Waals surface area contributed by atoms with Gasteiger partial charge in [-0.2, -0.15) is 0 Å². The molecule has 0 aliphatic heterocycles. The summed E-state index contributed by atoms with van der Waals surface area (Å²) in [6.07, 6.45) is 1.68. The summed E-state index contributed by atoms with van der Waals surface area (Å²) in [7, 11) is 0. The van der Waals surface area contributed by atoms with Gasteiger partial charge in [0, 0.05) is 18.5 Å². The normalized spacial score (nSPS) is 10.1. The highest BCUT2D eigenvalue weighted by Gasteiger charge is 2.11. The number of carbonyl (C=O) groups is 3. The molecular formula is C19H20N2O4. The van der Waals surface area contributed by atoms with Crippen LogP contribution in [0.2, 0.25) is 0 Å². The van der Waals surface area contributed by atoms with Crippen molar-refractivity contribution in [1.82, 2.24) is 0 Å². The highest BCUT2D eigenvalue weighted by atomic mass is 16.4. The molecule has 0 heterocycles. The molecule has 2 amide bonds. The Morgan fingerprint density at radius 3 is 1.96 bits per heavy atom. The minimum atomic E-state index is -1.09. The summed E-state index contributed by atoms with van der Waals surface area (Å²) in [4.78, 5) is 34.8. The Balaban J connectivity index is 1.71. The third kappa shape index (κ3) is 6.10. The van der Waals surface area contributed by atoms with Crippen LogP contribution >= 0.6 is 0 Å². The maximum atomic E-state index is 11.9. The molecule has 0 aromatic heterocycles. The first-order chi connectivity index (χ1) is 12.1. The predicted octanol–water partition coefficient (Wildman–Crippen LogP) is 3.52. The number of benzene rings is 2. The maximum Gasteiger partial charge on any atom is 0.337 e. The number of unbranched alkanes of at least 4 members (excludes halogenated alkanes) is 1. The Bertz CT molecular complexity index is 744. The van der Waals surface area contributed by atoms with E-state index in [-0.39, 0.29) is 29.5 Å². The summed E-state index contributed by atoms with van der Waals surface area (Å²) in [5.74, 6) is -1.45. The molecular weight excluding hydrogens is 320 g/mol. The summed E-state index contributed by atoms with van der Waals surface area (Å²) >= 11 is 0. The molecule has 0 bridgehead atoms. The number of carbonyl (C=O) groups excluding carboxylic acids is 2. The molecule has 2 aromatic carbocycles. The number of rotatable bonds is 8. The Morgan fingerprint density at radius 2 is 1.32 bits per heavy atom. The van der Waals surface area contributed by atoms with E-state index in [0.717, 1.165) is 5.69 Å². The zero-order chi connectivity index (χ0) is 18.1. The van der Waals surface area contributed by atoms with E-state index in [9.17, 15) is 14.4 Å². The number of hydrogen-bond donors (Lipinski definition) is 3. The lowest BCUT2D eigenvalue weighted by atomic mass is 10.1. The van der Waals surface area contributed by atoms with Crippen LogP contribution in [0.1, 0.15) is 36.0 Å². The average Bonchev–Trinajstić information content (AvgIpc) is 2.60. The topological polar surface area (TPSA) is 95.5 Å². The number of anilines is 2. The predicted molar refractivity (Wildman–Crippen MR) is 95.6 cm³/mol. The van der Waals surface area contributed by atoms with Crippen LogP contribution in [0.4, 0.5) is 11.4 Å². The number of nitrogens with one attached hydrogen (secondary N) is 2. The van der Waals surface area contributed by atoms with E-state index in [1.54, 1.807) is 18.2 Å². The summed E-state index contributed by atoms with van der Waals surface area (Å²) in [5, 5.41) is 14.5. The van der Waals surface area contributed by atoms with Crippen molar-refractivity contribution in [1.29, 1.82) is 0 Å². The fraction of sp³-hybridized carbons (Fsp3) is 0.211. The number of amides is 2. The second-order valence-corrected chi connectivity index (χ2v) is 5.52. The molecule has 0 atom stereocenters. The van der Waals surface area contributed by atoms with Gasteiger partial charge in [-0.15, -0.1) is 0 Å². The van der Waals surface area contributed by atoms with E-state index in [1.165, 1.54) is 6.07 Å². The van der Waals surface area contributed by atoms with Gasteiger partial charge in [-0.3, -0.25) is 9.59 Å². The van der Waals surface area contributed by atoms with Gasteiger partial charge < -0.3 is 15.7 Å². The summed E-state index contributed by atoms with van der Waals surface area (Å²) < 4.78 is 0. The van der Waals surface area contributed by atoms with Crippen LogP contribution in [0.25, 0.3) is 0 Å². The number of aromatic carboxylic acids is 1. The van der Waals surface area contributed by atoms with E-state index in [1.807, 2.05) is 30.3 Å². The van der Waals surface area contributed by atoms with Crippen molar-refractivity contribution in [2.45, 2.75) is 25.7 Å². The van der Waals surface area contributed by atoms with E-state index >= 15 is 0 Å². The Labute approximate surface area is 145 Å². The van der Waals surface area contributed by atoms with Gasteiger partial charge in [-0.05, 0) is 37.1 Å². The van der Waals surface area contributed by atoms with Gasteiger partial charge in [0.15, 0.2) is 0 Å². The van der Waals surface area contributed by atoms with Crippen molar-refractivity contribution in [2.75, 3.05) is 10.6 Å². The summed E-state index contributed by atoms with van der Waals surface area (Å²) in [6, 6.07) is 15.4. The van der Waals surface area contributed by atoms with Crippen LogP contribution in [-0.4, -0.2) is 22.9 Å². The van der Waals surface area contributed by atoms with Crippen LogP contribution in [0.15, 0.2) is 54.6 Å². The molecule has 25 heavy (non-hydrogen) atoms. The number of carboxylic acid groups (broad SMARTS) is 1. The smallest absolute Gasteiger partial charge is 0.337 e. The first kappa shape index (κ1) is 18.2. The maximum absolute atomic E-state index is 11.9. The number of para-hydroxylation sites is 2. The molecule has 0 aliphatic rings. The zero-order valence-electron chi connectivity index (χ0n) is 13.7. The van der Waals surface area contributed by atoms with Crippen molar-refractivity contribution in [3.8, 4) is 0 Å². The monoisotopic (exact) mass is 340 g/mol.